The number of aromatic amines is 1. The van der Waals surface area contributed by atoms with Crippen molar-refractivity contribution >= 4 is 5.78 Å². The van der Waals surface area contributed by atoms with Crippen LogP contribution in [-0.4, -0.2) is 33.7 Å². The van der Waals surface area contributed by atoms with Crippen molar-refractivity contribution in [2.75, 3.05) is 7.05 Å². The van der Waals surface area contributed by atoms with Crippen LogP contribution in [0.3, 0.4) is 0 Å². The quantitative estimate of drug-likeness (QED) is 0.677. The molecule has 0 amide bonds. The van der Waals surface area contributed by atoms with Crippen LogP contribution in [0, 0.1) is 0 Å². The fraction of sp³-hybridized carbons (Fsp3) is 0.556. The maximum atomic E-state index is 11.3. The Labute approximate surface area is 77.0 Å². The van der Waals surface area contributed by atoms with Crippen LogP contribution < -0.4 is 0 Å². The Morgan fingerprint density at radius 2 is 2.54 bits per heavy atom. The standard InChI is InChI=1S/C9H13N3O/c1-6(13)9-3-7-8(4-12(9)2)11-5-10-7/h5,9H,3-4H2,1-2H3,(H,10,11)/t9-/m0/s1. The summed E-state index contributed by atoms with van der Waals surface area (Å²) in [6.07, 6.45) is 2.46. The minimum Gasteiger partial charge on any atom is -0.348 e. The molecular formula is C9H13N3O. The topological polar surface area (TPSA) is 49.0 Å². The average molecular weight is 179 g/mol. The lowest BCUT2D eigenvalue weighted by Gasteiger charge is -2.29. The van der Waals surface area contributed by atoms with Crippen LogP contribution in [0.4, 0.5) is 0 Å². The molecule has 4 heteroatoms. The number of likely N-dealkylation sites (N-methyl/N-ethyl adjacent to an activating group) is 1. The molecule has 0 unspecified atom stereocenters. The number of aromatic nitrogens is 2. The van der Waals surface area contributed by atoms with E-state index in [0.717, 1.165) is 24.4 Å². The van der Waals surface area contributed by atoms with Gasteiger partial charge in [0.25, 0.3) is 0 Å². The summed E-state index contributed by atoms with van der Waals surface area (Å²) in [5.41, 5.74) is 2.18. The summed E-state index contributed by atoms with van der Waals surface area (Å²) in [7, 11) is 1.96. The highest BCUT2D eigenvalue weighted by Crippen LogP contribution is 2.18. The first-order valence-electron chi connectivity index (χ1n) is 4.40. The van der Waals surface area contributed by atoms with E-state index < -0.39 is 0 Å². The Bertz CT molecular complexity index is 331. The van der Waals surface area contributed by atoms with Gasteiger partial charge in [-0.3, -0.25) is 9.69 Å². The van der Waals surface area contributed by atoms with Gasteiger partial charge in [-0.05, 0) is 14.0 Å². The third kappa shape index (κ3) is 1.37. The summed E-state index contributed by atoms with van der Waals surface area (Å²) in [5, 5.41) is 0. The molecule has 0 saturated carbocycles. The predicted molar refractivity (Wildman–Crippen MR) is 48.2 cm³/mol. The van der Waals surface area contributed by atoms with Gasteiger partial charge in [0, 0.05) is 18.7 Å². The number of hydrogen-bond donors (Lipinski definition) is 1. The van der Waals surface area contributed by atoms with E-state index in [2.05, 4.69) is 9.97 Å². The number of rotatable bonds is 1. The van der Waals surface area contributed by atoms with Crippen molar-refractivity contribution in [3.8, 4) is 0 Å². The number of imidazole rings is 1. The number of ketones is 1. The highest BCUT2D eigenvalue weighted by molar-refractivity contribution is 5.81. The molecule has 0 fully saturated rings. The number of Topliss-reactive ketones (excluding diaryl/α,β-unsaturated/α-hetero) is 1. The second-order valence-corrected chi connectivity index (χ2v) is 3.57. The third-order valence-electron chi connectivity index (χ3n) is 2.61. The van der Waals surface area contributed by atoms with Crippen LogP contribution in [0.2, 0.25) is 0 Å². The molecule has 13 heavy (non-hydrogen) atoms. The molecule has 0 radical (unpaired) electrons. The summed E-state index contributed by atoms with van der Waals surface area (Å²) in [6.45, 7) is 2.41. The SMILES string of the molecule is CC(=O)[C@@H]1Cc2[nH]cnc2CN1C. The molecule has 0 bridgehead atoms. The van der Waals surface area contributed by atoms with Crippen LogP contribution in [0.15, 0.2) is 6.33 Å². The average Bonchev–Trinajstić information content (AvgIpc) is 2.48. The molecule has 1 atom stereocenters. The van der Waals surface area contributed by atoms with Crippen LogP contribution in [-0.2, 0) is 17.8 Å². The summed E-state index contributed by atoms with van der Waals surface area (Å²) < 4.78 is 0. The number of carbonyl (C=O) groups is 1. The molecule has 70 valence electrons. The van der Waals surface area contributed by atoms with E-state index in [-0.39, 0.29) is 11.8 Å². The van der Waals surface area contributed by atoms with Crippen LogP contribution in [0.25, 0.3) is 0 Å². The molecule has 1 N–H and O–H groups in total. The predicted octanol–water partition coefficient (Wildman–Crippen LogP) is 0.355. The Balaban J connectivity index is 2.27. The molecule has 0 aliphatic carbocycles. The third-order valence-corrected chi connectivity index (χ3v) is 2.61. The van der Waals surface area contributed by atoms with Crippen LogP contribution in [0.1, 0.15) is 18.3 Å². The van der Waals surface area contributed by atoms with Gasteiger partial charge in [-0.1, -0.05) is 0 Å². The summed E-state index contributed by atoms with van der Waals surface area (Å²) in [5.74, 6) is 0.225. The van der Waals surface area contributed by atoms with Crippen molar-refractivity contribution in [1.82, 2.24) is 14.9 Å². The number of nitrogens with zero attached hydrogens (tertiary/aromatic N) is 2. The molecule has 2 rings (SSSR count). The van der Waals surface area contributed by atoms with E-state index in [1.165, 1.54) is 0 Å². The normalized spacial score (nSPS) is 22.8. The lowest BCUT2D eigenvalue weighted by molar-refractivity contribution is -0.122. The number of hydrogen-bond acceptors (Lipinski definition) is 3. The summed E-state index contributed by atoms with van der Waals surface area (Å²) in [4.78, 5) is 20.6. The van der Waals surface area contributed by atoms with Gasteiger partial charge >= 0.3 is 0 Å². The van der Waals surface area contributed by atoms with Gasteiger partial charge in [0.15, 0.2) is 0 Å². The van der Waals surface area contributed by atoms with Crippen molar-refractivity contribution in [1.29, 1.82) is 0 Å². The van der Waals surface area contributed by atoms with E-state index in [0.29, 0.717) is 0 Å². The molecule has 0 saturated heterocycles. The zero-order chi connectivity index (χ0) is 9.42. The van der Waals surface area contributed by atoms with E-state index in [4.69, 9.17) is 0 Å². The van der Waals surface area contributed by atoms with Gasteiger partial charge in [0.05, 0.1) is 18.1 Å². The van der Waals surface area contributed by atoms with Crippen molar-refractivity contribution in [2.45, 2.75) is 25.9 Å². The molecule has 1 aliphatic rings. The zero-order valence-electron chi connectivity index (χ0n) is 7.87. The van der Waals surface area contributed by atoms with Crippen molar-refractivity contribution in [3.63, 3.8) is 0 Å². The van der Waals surface area contributed by atoms with Crippen molar-refractivity contribution < 1.29 is 4.79 Å². The van der Waals surface area contributed by atoms with Gasteiger partial charge in [-0.25, -0.2) is 4.98 Å². The number of H-pyrrole nitrogens is 1. The van der Waals surface area contributed by atoms with Crippen LogP contribution >= 0.6 is 0 Å². The fourth-order valence-electron chi connectivity index (χ4n) is 1.81. The number of carbonyl (C=O) groups excluding carboxylic acids is 1. The van der Waals surface area contributed by atoms with E-state index in [1.807, 2.05) is 11.9 Å². The first-order chi connectivity index (χ1) is 6.18. The first kappa shape index (κ1) is 8.44. The lowest BCUT2D eigenvalue weighted by atomic mass is 10.0. The monoisotopic (exact) mass is 179 g/mol. The molecule has 1 aromatic rings. The van der Waals surface area contributed by atoms with Gasteiger partial charge in [-0.15, -0.1) is 0 Å². The minimum absolute atomic E-state index is 0.0212. The Hall–Kier alpha value is -1.16. The van der Waals surface area contributed by atoms with Gasteiger partial charge in [0.2, 0.25) is 0 Å². The summed E-state index contributed by atoms with van der Waals surface area (Å²) in [6, 6.07) is 0.0212. The maximum Gasteiger partial charge on any atom is 0.147 e. The summed E-state index contributed by atoms with van der Waals surface area (Å²) >= 11 is 0. The van der Waals surface area contributed by atoms with Gasteiger partial charge < -0.3 is 4.98 Å². The maximum absolute atomic E-state index is 11.3. The molecular weight excluding hydrogens is 166 g/mol. The van der Waals surface area contributed by atoms with Crippen LogP contribution in [0.5, 0.6) is 0 Å². The zero-order valence-corrected chi connectivity index (χ0v) is 7.87. The lowest BCUT2D eigenvalue weighted by Crippen LogP contribution is -2.42. The van der Waals surface area contributed by atoms with Gasteiger partial charge in [0.1, 0.15) is 5.78 Å². The Morgan fingerprint density at radius 1 is 1.77 bits per heavy atom. The molecule has 4 nitrogen and oxygen atoms in total. The van der Waals surface area contributed by atoms with E-state index >= 15 is 0 Å². The van der Waals surface area contributed by atoms with Gasteiger partial charge in [-0.2, -0.15) is 0 Å². The largest absolute Gasteiger partial charge is 0.348 e. The Kier molecular flexibility index (Phi) is 1.92. The Morgan fingerprint density at radius 3 is 3.23 bits per heavy atom. The highest BCUT2D eigenvalue weighted by atomic mass is 16.1. The fourth-order valence-corrected chi connectivity index (χ4v) is 1.81. The molecule has 0 aromatic carbocycles. The second-order valence-electron chi connectivity index (χ2n) is 3.57. The highest BCUT2D eigenvalue weighted by Gasteiger charge is 2.27. The van der Waals surface area contributed by atoms with Crippen molar-refractivity contribution in [3.05, 3.63) is 17.7 Å². The molecule has 0 spiro atoms. The molecule has 1 aromatic heterocycles. The number of nitrogens with one attached hydrogen (secondary N) is 1. The van der Waals surface area contributed by atoms with E-state index in [9.17, 15) is 4.79 Å². The number of fused-ring (bicyclic) bond motifs is 1. The smallest absolute Gasteiger partial charge is 0.147 e. The molecule has 2 heterocycles. The van der Waals surface area contributed by atoms with E-state index in [1.54, 1.807) is 13.3 Å². The first-order valence-corrected chi connectivity index (χ1v) is 4.40. The van der Waals surface area contributed by atoms with Crippen molar-refractivity contribution in [2.24, 2.45) is 0 Å². The minimum atomic E-state index is 0.0212. The molecule has 1 aliphatic heterocycles. The second kappa shape index (κ2) is 2.96.